The van der Waals surface area contributed by atoms with Gasteiger partial charge in [-0.3, -0.25) is 4.79 Å². The normalized spacial score (nSPS) is 10.3. The Kier molecular flexibility index (Phi) is 3.90. The standard InChI is InChI=1S/C13H7BrF3NO/c14-11-2-1-7(3-12(11)17)13(19)18-10-5-8(15)4-9(16)6-10/h1-6H,(H,18,19). The van der Waals surface area contributed by atoms with E-state index < -0.39 is 23.4 Å². The Balaban J connectivity index is 2.22. The molecule has 0 radical (unpaired) electrons. The Labute approximate surface area is 115 Å². The van der Waals surface area contributed by atoms with Crippen LogP contribution in [0.15, 0.2) is 40.9 Å². The molecule has 0 aliphatic carbocycles. The van der Waals surface area contributed by atoms with Gasteiger partial charge < -0.3 is 5.32 Å². The Hall–Kier alpha value is -1.82. The zero-order chi connectivity index (χ0) is 14.0. The highest BCUT2D eigenvalue weighted by Crippen LogP contribution is 2.18. The van der Waals surface area contributed by atoms with Gasteiger partial charge in [0.1, 0.15) is 17.5 Å². The Morgan fingerprint density at radius 2 is 1.63 bits per heavy atom. The summed E-state index contributed by atoms with van der Waals surface area (Å²) in [6.45, 7) is 0. The van der Waals surface area contributed by atoms with E-state index in [0.29, 0.717) is 6.07 Å². The third kappa shape index (κ3) is 3.35. The van der Waals surface area contributed by atoms with E-state index in [9.17, 15) is 18.0 Å². The largest absolute Gasteiger partial charge is 0.322 e. The molecule has 98 valence electrons. The molecule has 0 fully saturated rings. The summed E-state index contributed by atoms with van der Waals surface area (Å²) in [6, 6.07) is 6.41. The molecular weight excluding hydrogens is 323 g/mol. The molecule has 2 aromatic rings. The van der Waals surface area contributed by atoms with Crippen LogP contribution >= 0.6 is 15.9 Å². The summed E-state index contributed by atoms with van der Waals surface area (Å²) in [6.07, 6.45) is 0. The van der Waals surface area contributed by atoms with Gasteiger partial charge in [0.2, 0.25) is 0 Å². The summed E-state index contributed by atoms with van der Waals surface area (Å²) in [5.41, 5.74) is 0.0104. The number of rotatable bonds is 2. The molecule has 0 aromatic heterocycles. The van der Waals surface area contributed by atoms with E-state index in [1.807, 2.05) is 0 Å². The minimum absolute atomic E-state index is 0.0363. The molecule has 0 bridgehead atoms. The zero-order valence-electron chi connectivity index (χ0n) is 9.38. The number of benzene rings is 2. The summed E-state index contributed by atoms with van der Waals surface area (Å²) >= 11 is 2.96. The first kappa shape index (κ1) is 13.6. The maximum absolute atomic E-state index is 13.3. The van der Waals surface area contributed by atoms with Crippen molar-refractivity contribution in [3.05, 3.63) is 63.9 Å². The van der Waals surface area contributed by atoms with Gasteiger partial charge in [-0.2, -0.15) is 0 Å². The lowest BCUT2D eigenvalue weighted by Crippen LogP contribution is -2.12. The van der Waals surface area contributed by atoms with Crippen molar-refractivity contribution in [2.75, 3.05) is 5.32 Å². The highest BCUT2D eigenvalue weighted by atomic mass is 79.9. The minimum atomic E-state index is -0.808. The highest BCUT2D eigenvalue weighted by Gasteiger charge is 2.10. The molecule has 0 unspecified atom stereocenters. The van der Waals surface area contributed by atoms with Crippen LogP contribution in [0.3, 0.4) is 0 Å². The van der Waals surface area contributed by atoms with Gasteiger partial charge in [0.05, 0.1) is 4.47 Å². The second-order valence-electron chi connectivity index (χ2n) is 3.74. The summed E-state index contributed by atoms with van der Waals surface area (Å²) in [4.78, 5) is 11.8. The SMILES string of the molecule is O=C(Nc1cc(F)cc(F)c1)c1ccc(Br)c(F)c1. The molecule has 0 saturated heterocycles. The summed E-state index contributed by atoms with van der Waals surface area (Å²) in [7, 11) is 0. The summed E-state index contributed by atoms with van der Waals surface area (Å²) in [5, 5.41) is 2.29. The number of carbonyl (C=O) groups excluding carboxylic acids is 1. The van der Waals surface area contributed by atoms with Crippen LogP contribution in [0.1, 0.15) is 10.4 Å². The number of hydrogen-bond acceptors (Lipinski definition) is 1. The lowest BCUT2D eigenvalue weighted by molar-refractivity contribution is 0.102. The maximum atomic E-state index is 13.3. The van der Waals surface area contributed by atoms with Gasteiger partial charge in [0.25, 0.3) is 5.91 Å². The fraction of sp³-hybridized carbons (Fsp3) is 0. The smallest absolute Gasteiger partial charge is 0.255 e. The number of amides is 1. The second kappa shape index (κ2) is 5.44. The average Bonchev–Trinajstić information content (AvgIpc) is 2.31. The molecule has 0 aliphatic rings. The lowest BCUT2D eigenvalue weighted by Gasteiger charge is -2.06. The quantitative estimate of drug-likeness (QED) is 0.882. The van der Waals surface area contributed by atoms with Crippen molar-refractivity contribution >= 4 is 27.5 Å². The number of nitrogens with one attached hydrogen (secondary N) is 1. The van der Waals surface area contributed by atoms with Gasteiger partial charge in [0.15, 0.2) is 0 Å². The van der Waals surface area contributed by atoms with E-state index in [1.165, 1.54) is 12.1 Å². The minimum Gasteiger partial charge on any atom is -0.322 e. The van der Waals surface area contributed by atoms with E-state index in [-0.39, 0.29) is 15.7 Å². The fourth-order valence-corrected chi connectivity index (χ4v) is 1.71. The molecule has 2 aromatic carbocycles. The molecule has 1 N–H and O–H groups in total. The van der Waals surface area contributed by atoms with Crippen molar-refractivity contribution in [1.29, 1.82) is 0 Å². The van der Waals surface area contributed by atoms with E-state index in [2.05, 4.69) is 21.2 Å². The average molecular weight is 330 g/mol. The van der Waals surface area contributed by atoms with Crippen molar-refractivity contribution in [2.45, 2.75) is 0 Å². The van der Waals surface area contributed by atoms with Gasteiger partial charge in [-0.15, -0.1) is 0 Å². The van der Waals surface area contributed by atoms with Crippen LogP contribution < -0.4 is 5.32 Å². The van der Waals surface area contributed by atoms with Crippen molar-refractivity contribution in [1.82, 2.24) is 0 Å². The zero-order valence-corrected chi connectivity index (χ0v) is 11.0. The van der Waals surface area contributed by atoms with Crippen LogP contribution in [0.4, 0.5) is 18.9 Å². The Morgan fingerprint density at radius 3 is 2.21 bits per heavy atom. The van der Waals surface area contributed by atoms with E-state index in [1.54, 1.807) is 0 Å². The van der Waals surface area contributed by atoms with Crippen molar-refractivity contribution < 1.29 is 18.0 Å². The van der Waals surface area contributed by atoms with Crippen LogP contribution in [0.5, 0.6) is 0 Å². The molecule has 2 nitrogen and oxygen atoms in total. The highest BCUT2D eigenvalue weighted by molar-refractivity contribution is 9.10. The first-order valence-electron chi connectivity index (χ1n) is 5.18. The number of hydrogen-bond donors (Lipinski definition) is 1. The number of anilines is 1. The lowest BCUT2D eigenvalue weighted by atomic mass is 10.2. The van der Waals surface area contributed by atoms with Crippen LogP contribution in [0.25, 0.3) is 0 Å². The first-order chi connectivity index (χ1) is 8.95. The third-order valence-electron chi connectivity index (χ3n) is 2.30. The van der Waals surface area contributed by atoms with Gasteiger partial charge in [0, 0.05) is 17.3 Å². The van der Waals surface area contributed by atoms with Gasteiger partial charge in [-0.05, 0) is 46.3 Å². The predicted octanol–water partition coefficient (Wildman–Crippen LogP) is 4.12. The molecule has 19 heavy (non-hydrogen) atoms. The molecule has 6 heteroatoms. The van der Waals surface area contributed by atoms with Crippen LogP contribution in [-0.4, -0.2) is 5.91 Å². The van der Waals surface area contributed by atoms with Gasteiger partial charge in [-0.25, -0.2) is 13.2 Å². The summed E-state index contributed by atoms with van der Waals surface area (Å²) < 4.78 is 39.4. The monoisotopic (exact) mass is 329 g/mol. The number of halogens is 4. The van der Waals surface area contributed by atoms with Gasteiger partial charge in [-0.1, -0.05) is 0 Å². The van der Waals surface area contributed by atoms with E-state index >= 15 is 0 Å². The molecular formula is C13H7BrF3NO. The van der Waals surface area contributed by atoms with Crippen molar-refractivity contribution in [3.8, 4) is 0 Å². The molecule has 0 saturated carbocycles. The van der Waals surface area contributed by atoms with E-state index in [0.717, 1.165) is 18.2 Å². The maximum Gasteiger partial charge on any atom is 0.255 e. The van der Waals surface area contributed by atoms with Crippen LogP contribution in [0, 0.1) is 17.5 Å². The Bertz CT molecular complexity index is 626. The predicted molar refractivity (Wildman–Crippen MR) is 68.4 cm³/mol. The number of carbonyl (C=O) groups is 1. The van der Waals surface area contributed by atoms with Gasteiger partial charge >= 0.3 is 0 Å². The summed E-state index contributed by atoms with van der Waals surface area (Å²) in [5.74, 6) is -2.87. The molecule has 0 atom stereocenters. The fourth-order valence-electron chi connectivity index (χ4n) is 1.47. The molecule has 0 heterocycles. The molecule has 0 spiro atoms. The molecule has 0 aliphatic heterocycles. The first-order valence-corrected chi connectivity index (χ1v) is 5.97. The van der Waals surface area contributed by atoms with Crippen molar-refractivity contribution in [3.63, 3.8) is 0 Å². The van der Waals surface area contributed by atoms with Crippen LogP contribution in [0.2, 0.25) is 0 Å². The molecule has 2 rings (SSSR count). The van der Waals surface area contributed by atoms with E-state index in [4.69, 9.17) is 0 Å². The van der Waals surface area contributed by atoms with Crippen LogP contribution in [-0.2, 0) is 0 Å². The second-order valence-corrected chi connectivity index (χ2v) is 4.60. The topological polar surface area (TPSA) is 29.1 Å². The Morgan fingerprint density at radius 1 is 1.00 bits per heavy atom. The van der Waals surface area contributed by atoms with Crippen molar-refractivity contribution in [2.24, 2.45) is 0 Å². The molecule has 1 amide bonds. The third-order valence-corrected chi connectivity index (χ3v) is 2.95.